The highest BCUT2D eigenvalue weighted by Crippen LogP contribution is 2.59. The summed E-state index contributed by atoms with van der Waals surface area (Å²) in [7, 11) is 0. The second kappa shape index (κ2) is 11.6. The Morgan fingerprint density at radius 2 is 1.21 bits per heavy atom. The number of hydrogen-bond donors (Lipinski definition) is 0. The van der Waals surface area contributed by atoms with Crippen molar-refractivity contribution in [3.05, 3.63) is 137 Å². The quantitative estimate of drug-likeness (QED) is 0.156. The van der Waals surface area contributed by atoms with E-state index in [9.17, 15) is 0 Å². The average molecular weight is 749 g/mol. The Hall–Kier alpha value is -5.42. The van der Waals surface area contributed by atoms with Crippen LogP contribution in [0, 0.1) is 6.92 Å². The number of para-hydroxylation sites is 1. The summed E-state index contributed by atoms with van der Waals surface area (Å²) in [5.41, 5.74) is 17.7. The van der Waals surface area contributed by atoms with E-state index in [1.54, 1.807) is 0 Å². The molecule has 0 saturated carbocycles. The Morgan fingerprint density at radius 3 is 1.91 bits per heavy atom. The zero-order valence-corrected chi connectivity index (χ0v) is 35.6. The average Bonchev–Trinajstić information content (AvgIpc) is 3.14. The molecule has 0 unspecified atom stereocenters. The summed E-state index contributed by atoms with van der Waals surface area (Å²) in [6, 6.07) is 38.9. The first-order valence-corrected chi connectivity index (χ1v) is 20.6. The lowest BCUT2D eigenvalue weighted by Crippen LogP contribution is -2.62. The van der Waals surface area contributed by atoms with Gasteiger partial charge >= 0.3 is 6.85 Å². The van der Waals surface area contributed by atoms with Gasteiger partial charge < -0.3 is 19.2 Å². The first-order valence-electron chi connectivity index (χ1n) is 20.6. The Kier molecular flexibility index (Phi) is 7.31. The van der Waals surface area contributed by atoms with Crippen LogP contribution in [0.2, 0.25) is 0 Å². The van der Waals surface area contributed by atoms with Gasteiger partial charge in [-0.25, -0.2) is 0 Å². The summed E-state index contributed by atoms with van der Waals surface area (Å²) < 4.78 is 14.3. The second-order valence-corrected chi connectivity index (χ2v) is 20.4. The minimum absolute atomic E-state index is 0.0315. The maximum absolute atomic E-state index is 7.19. The summed E-state index contributed by atoms with van der Waals surface area (Å²) in [4.78, 5) is 5.10. The van der Waals surface area contributed by atoms with Gasteiger partial charge in [0.1, 0.15) is 11.5 Å². The summed E-state index contributed by atoms with van der Waals surface area (Å²) >= 11 is 0. The molecule has 0 spiro atoms. The van der Waals surface area contributed by atoms with Crippen LogP contribution in [-0.2, 0) is 21.7 Å². The molecule has 6 aromatic rings. The fraction of sp³-hybridized carbons (Fsp3) is 0.308. The lowest BCUT2D eigenvalue weighted by atomic mass is 9.43. The highest BCUT2D eigenvalue weighted by molar-refractivity contribution is 6.94. The lowest BCUT2D eigenvalue weighted by molar-refractivity contribution is 0.419. The number of nitrogens with zero attached hydrogens (tertiary/aromatic N) is 2. The van der Waals surface area contributed by atoms with Crippen molar-refractivity contribution in [2.24, 2.45) is 0 Å². The molecule has 10 rings (SSSR count). The Balaban J connectivity index is 1.33. The van der Waals surface area contributed by atoms with Gasteiger partial charge in [-0.2, -0.15) is 0 Å². The van der Waals surface area contributed by atoms with E-state index in [-0.39, 0.29) is 28.5 Å². The molecule has 0 aromatic heterocycles. The standard InChI is InChI=1S/C52H53BN2O2/c1-30-25-35-36-27-33(51(8,9)10)29-44-46(36)55(40-24-19-32(50(5,6)7)28-43(40)56-44)53-39-23-22-38-48(57-42-16-14-13-15-37(42)52(38,11)12)47(39)54(41(26-30)45(35)53)34-20-17-31(18-21-34)49(2,3)4/h13-29H,1-12H3. The van der Waals surface area contributed by atoms with Crippen LogP contribution in [0.15, 0.2) is 103 Å². The van der Waals surface area contributed by atoms with E-state index in [2.05, 4.69) is 196 Å². The van der Waals surface area contributed by atoms with E-state index in [1.165, 1.54) is 61.1 Å². The number of benzene rings is 6. The molecule has 4 heterocycles. The molecular weight excluding hydrogens is 695 g/mol. The van der Waals surface area contributed by atoms with Gasteiger partial charge in [0.2, 0.25) is 0 Å². The molecule has 0 amide bonds. The van der Waals surface area contributed by atoms with E-state index in [4.69, 9.17) is 9.47 Å². The van der Waals surface area contributed by atoms with Gasteiger partial charge in [-0.15, -0.1) is 0 Å². The normalized spacial score (nSPS) is 15.7. The third-order valence-electron chi connectivity index (χ3n) is 13.0. The molecule has 0 N–H and O–H groups in total. The zero-order chi connectivity index (χ0) is 40.1. The van der Waals surface area contributed by atoms with Crippen LogP contribution in [0.1, 0.15) is 110 Å². The van der Waals surface area contributed by atoms with Crippen LogP contribution in [0.4, 0.5) is 28.4 Å². The molecule has 0 atom stereocenters. The van der Waals surface area contributed by atoms with E-state index in [0.29, 0.717) is 0 Å². The van der Waals surface area contributed by atoms with Gasteiger partial charge in [0.15, 0.2) is 11.5 Å². The molecule has 4 nitrogen and oxygen atoms in total. The lowest BCUT2D eigenvalue weighted by Gasteiger charge is -2.49. The van der Waals surface area contributed by atoms with E-state index in [1.807, 2.05) is 0 Å². The summed E-state index contributed by atoms with van der Waals surface area (Å²) in [5, 5.41) is 0. The number of rotatable bonds is 1. The van der Waals surface area contributed by atoms with Crippen molar-refractivity contribution in [2.45, 2.75) is 105 Å². The van der Waals surface area contributed by atoms with Crippen LogP contribution in [-0.4, -0.2) is 6.85 Å². The third kappa shape index (κ3) is 5.20. The SMILES string of the molecule is Cc1cc2c3c(c1)N(c1ccc(C(C)(C)C)cc1)c1c(ccc4c1Oc1ccccc1C4(C)C)B3N1c3ccc(C(C)(C)C)cc3Oc3cc(C(C)(C)C)cc-2c31. The summed E-state index contributed by atoms with van der Waals surface area (Å²) in [6.07, 6.45) is 0. The zero-order valence-electron chi connectivity index (χ0n) is 35.6. The number of ether oxygens (including phenoxy) is 2. The molecule has 286 valence electrons. The predicted molar refractivity (Wildman–Crippen MR) is 240 cm³/mol. The monoisotopic (exact) mass is 748 g/mol. The number of hydrogen-bond acceptors (Lipinski definition) is 4. The maximum atomic E-state index is 7.19. The molecule has 5 heteroatoms. The van der Waals surface area contributed by atoms with Crippen LogP contribution >= 0.6 is 0 Å². The van der Waals surface area contributed by atoms with Crippen molar-refractivity contribution in [3.63, 3.8) is 0 Å². The number of anilines is 5. The van der Waals surface area contributed by atoms with Gasteiger partial charge in [0.05, 0.1) is 17.1 Å². The van der Waals surface area contributed by atoms with Crippen molar-refractivity contribution in [1.82, 2.24) is 0 Å². The predicted octanol–water partition coefficient (Wildman–Crippen LogP) is 13.1. The topological polar surface area (TPSA) is 24.9 Å². The van der Waals surface area contributed by atoms with Crippen molar-refractivity contribution in [3.8, 4) is 34.1 Å². The first-order chi connectivity index (χ1) is 26.8. The van der Waals surface area contributed by atoms with E-state index < -0.39 is 0 Å². The Morgan fingerprint density at radius 1 is 0.544 bits per heavy atom. The second-order valence-electron chi connectivity index (χ2n) is 20.4. The first kappa shape index (κ1) is 36.0. The van der Waals surface area contributed by atoms with Crippen molar-refractivity contribution >= 4 is 46.2 Å². The summed E-state index contributed by atoms with van der Waals surface area (Å²) in [5.74, 6) is 3.65. The van der Waals surface area contributed by atoms with Crippen LogP contribution < -0.4 is 30.1 Å². The van der Waals surface area contributed by atoms with E-state index >= 15 is 0 Å². The van der Waals surface area contributed by atoms with Gasteiger partial charge in [0.25, 0.3) is 0 Å². The highest BCUT2D eigenvalue weighted by atomic mass is 16.5. The fourth-order valence-corrected chi connectivity index (χ4v) is 9.70. The molecule has 4 aliphatic heterocycles. The molecule has 0 bridgehead atoms. The van der Waals surface area contributed by atoms with Crippen molar-refractivity contribution < 1.29 is 9.47 Å². The molecule has 4 aliphatic rings. The highest BCUT2D eigenvalue weighted by Gasteiger charge is 2.51. The molecule has 0 aliphatic carbocycles. The van der Waals surface area contributed by atoms with Crippen molar-refractivity contribution in [1.29, 1.82) is 0 Å². The smallest absolute Gasteiger partial charge is 0.333 e. The molecule has 0 saturated heterocycles. The van der Waals surface area contributed by atoms with Crippen molar-refractivity contribution in [2.75, 3.05) is 9.71 Å². The number of aryl methyl sites for hydroxylation is 1. The molecule has 6 aromatic carbocycles. The van der Waals surface area contributed by atoms with Crippen LogP contribution in [0.5, 0.6) is 23.0 Å². The molecule has 57 heavy (non-hydrogen) atoms. The van der Waals surface area contributed by atoms with Gasteiger partial charge in [0, 0.05) is 33.5 Å². The van der Waals surface area contributed by atoms with Gasteiger partial charge in [-0.3, -0.25) is 0 Å². The van der Waals surface area contributed by atoms with Crippen LogP contribution in [0.3, 0.4) is 0 Å². The molecular formula is C52H53BN2O2. The number of fused-ring (bicyclic) bond motifs is 9. The third-order valence-corrected chi connectivity index (χ3v) is 13.0. The molecule has 0 fully saturated rings. The minimum atomic E-state index is -0.274. The molecule has 0 radical (unpaired) electrons. The fourth-order valence-electron chi connectivity index (χ4n) is 9.70. The maximum Gasteiger partial charge on any atom is 0.333 e. The van der Waals surface area contributed by atoms with Gasteiger partial charge in [-0.1, -0.05) is 131 Å². The summed E-state index contributed by atoms with van der Waals surface area (Å²) in [6.45, 7) is 27.3. The van der Waals surface area contributed by atoms with Crippen LogP contribution in [0.25, 0.3) is 11.1 Å². The van der Waals surface area contributed by atoms with Gasteiger partial charge in [-0.05, 0) is 110 Å². The minimum Gasteiger partial charge on any atom is -0.455 e. The Labute approximate surface area is 339 Å². The van der Waals surface area contributed by atoms with E-state index in [0.717, 1.165) is 45.7 Å². The largest absolute Gasteiger partial charge is 0.455 e. The Bertz CT molecular complexity index is 2690.